The van der Waals surface area contributed by atoms with E-state index in [0.717, 1.165) is 29.6 Å². The van der Waals surface area contributed by atoms with Crippen molar-refractivity contribution in [3.05, 3.63) is 38.3 Å². The molecule has 2 heterocycles. The lowest BCUT2D eigenvalue weighted by Crippen LogP contribution is -2.30. The first-order valence-electron chi connectivity index (χ1n) is 6.47. The van der Waals surface area contributed by atoms with Gasteiger partial charge in [-0.15, -0.1) is 11.3 Å². The SMILES string of the molecule is CCCn1ncc(Br)c1C(NN)c1ccc(CC)s1. The molecule has 2 aromatic heterocycles. The Hall–Kier alpha value is -0.690. The molecule has 4 nitrogen and oxygen atoms in total. The lowest BCUT2D eigenvalue weighted by atomic mass is 10.2. The Labute approximate surface area is 126 Å². The van der Waals surface area contributed by atoms with Crippen molar-refractivity contribution in [2.24, 2.45) is 5.84 Å². The van der Waals surface area contributed by atoms with Crippen LogP contribution in [0.4, 0.5) is 0 Å². The van der Waals surface area contributed by atoms with Crippen molar-refractivity contribution in [2.75, 3.05) is 0 Å². The molecule has 0 spiro atoms. The average Bonchev–Trinajstić information content (AvgIpc) is 3.01. The number of halogens is 1. The summed E-state index contributed by atoms with van der Waals surface area (Å²) in [4.78, 5) is 2.59. The summed E-state index contributed by atoms with van der Waals surface area (Å²) in [5, 5.41) is 4.41. The maximum atomic E-state index is 5.78. The van der Waals surface area contributed by atoms with E-state index >= 15 is 0 Å². The first-order valence-corrected chi connectivity index (χ1v) is 8.08. The van der Waals surface area contributed by atoms with Gasteiger partial charge in [0.25, 0.3) is 0 Å². The minimum absolute atomic E-state index is 0.0197. The van der Waals surface area contributed by atoms with Crippen LogP contribution in [-0.4, -0.2) is 9.78 Å². The lowest BCUT2D eigenvalue weighted by Gasteiger charge is -2.17. The van der Waals surface area contributed by atoms with Gasteiger partial charge in [-0.2, -0.15) is 5.10 Å². The Bertz CT molecular complexity index is 534. The molecule has 2 rings (SSSR count). The second kappa shape index (κ2) is 6.65. The fourth-order valence-electron chi connectivity index (χ4n) is 2.08. The van der Waals surface area contributed by atoms with Gasteiger partial charge in [0.1, 0.15) is 0 Å². The van der Waals surface area contributed by atoms with E-state index in [0.29, 0.717) is 0 Å². The molecule has 0 bridgehead atoms. The van der Waals surface area contributed by atoms with Crippen LogP contribution in [0.2, 0.25) is 0 Å². The maximum absolute atomic E-state index is 5.78. The zero-order valence-electron chi connectivity index (χ0n) is 11.2. The van der Waals surface area contributed by atoms with Gasteiger partial charge < -0.3 is 0 Å². The van der Waals surface area contributed by atoms with E-state index in [1.54, 1.807) is 11.3 Å². The van der Waals surface area contributed by atoms with E-state index in [2.05, 4.69) is 52.4 Å². The summed E-state index contributed by atoms with van der Waals surface area (Å²) >= 11 is 5.37. The molecule has 0 fully saturated rings. The molecule has 0 aliphatic carbocycles. The molecule has 3 N–H and O–H groups in total. The fraction of sp³-hybridized carbons (Fsp3) is 0.462. The quantitative estimate of drug-likeness (QED) is 0.625. The van der Waals surface area contributed by atoms with Gasteiger partial charge in [0, 0.05) is 16.3 Å². The third kappa shape index (κ3) is 3.08. The van der Waals surface area contributed by atoms with Crippen LogP contribution < -0.4 is 11.3 Å². The van der Waals surface area contributed by atoms with Gasteiger partial charge in [0.15, 0.2) is 0 Å². The first kappa shape index (κ1) is 14.7. The van der Waals surface area contributed by atoms with Gasteiger partial charge >= 0.3 is 0 Å². The van der Waals surface area contributed by atoms with Gasteiger partial charge in [-0.3, -0.25) is 10.5 Å². The number of aryl methyl sites for hydroxylation is 2. The Morgan fingerprint density at radius 2 is 2.26 bits per heavy atom. The molecule has 0 saturated heterocycles. The summed E-state index contributed by atoms with van der Waals surface area (Å²) < 4.78 is 3.01. The molecular formula is C13H19BrN4S. The summed E-state index contributed by atoms with van der Waals surface area (Å²) in [5.74, 6) is 5.78. The second-order valence-corrected chi connectivity index (χ2v) is 6.41. The number of hydrogen-bond donors (Lipinski definition) is 2. The molecule has 0 aliphatic heterocycles. The molecule has 0 aromatic carbocycles. The highest BCUT2D eigenvalue weighted by Gasteiger charge is 2.22. The van der Waals surface area contributed by atoms with Crippen molar-refractivity contribution in [1.82, 2.24) is 15.2 Å². The second-order valence-electron chi connectivity index (χ2n) is 4.36. The van der Waals surface area contributed by atoms with Gasteiger partial charge in [0.2, 0.25) is 0 Å². The monoisotopic (exact) mass is 342 g/mol. The summed E-state index contributed by atoms with van der Waals surface area (Å²) in [5.41, 5.74) is 4.01. The summed E-state index contributed by atoms with van der Waals surface area (Å²) in [6, 6.07) is 4.29. The largest absolute Gasteiger partial charge is 0.270 e. The Morgan fingerprint density at radius 1 is 1.47 bits per heavy atom. The molecule has 1 atom stereocenters. The Balaban J connectivity index is 2.38. The van der Waals surface area contributed by atoms with Crippen molar-refractivity contribution in [3.8, 4) is 0 Å². The predicted molar refractivity (Wildman–Crippen MR) is 83.1 cm³/mol. The van der Waals surface area contributed by atoms with Gasteiger partial charge in [0.05, 0.1) is 22.4 Å². The molecular weight excluding hydrogens is 324 g/mol. The van der Waals surface area contributed by atoms with Crippen LogP contribution in [0.3, 0.4) is 0 Å². The maximum Gasteiger partial charge on any atom is 0.0981 e. The van der Waals surface area contributed by atoms with E-state index in [9.17, 15) is 0 Å². The summed E-state index contributed by atoms with van der Waals surface area (Å²) in [6.07, 6.45) is 3.93. The van der Waals surface area contributed by atoms with Crippen molar-refractivity contribution in [1.29, 1.82) is 0 Å². The van der Waals surface area contributed by atoms with Crippen molar-refractivity contribution < 1.29 is 0 Å². The number of hydrogen-bond acceptors (Lipinski definition) is 4. The van der Waals surface area contributed by atoms with Crippen molar-refractivity contribution in [2.45, 2.75) is 39.3 Å². The third-order valence-corrected chi connectivity index (χ3v) is 4.93. The molecule has 0 amide bonds. The van der Waals surface area contributed by atoms with E-state index in [1.807, 2.05) is 10.9 Å². The van der Waals surface area contributed by atoms with Crippen LogP contribution in [0.1, 0.15) is 41.8 Å². The number of hydrazine groups is 1. The molecule has 0 aliphatic rings. The Kier molecular flexibility index (Phi) is 5.15. The van der Waals surface area contributed by atoms with Gasteiger partial charge in [-0.05, 0) is 40.9 Å². The number of aromatic nitrogens is 2. The van der Waals surface area contributed by atoms with Crippen LogP contribution >= 0.6 is 27.3 Å². The minimum atomic E-state index is -0.0197. The van der Waals surface area contributed by atoms with E-state index in [1.165, 1.54) is 9.75 Å². The molecule has 0 saturated carbocycles. The third-order valence-electron chi connectivity index (χ3n) is 3.02. The summed E-state index contributed by atoms with van der Waals surface area (Å²) in [7, 11) is 0. The zero-order valence-corrected chi connectivity index (χ0v) is 13.6. The van der Waals surface area contributed by atoms with Gasteiger partial charge in [-0.25, -0.2) is 5.43 Å². The minimum Gasteiger partial charge on any atom is -0.270 e. The van der Waals surface area contributed by atoms with Crippen LogP contribution in [-0.2, 0) is 13.0 Å². The molecule has 2 aromatic rings. The van der Waals surface area contributed by atoms with E-state index in [4.69, 9.17) is 5.84 Å². The number of nitrogens with two attached hydrogens (primary N) is 1. The van der Waals surface area contributed by atoms with Crippen LogP contribution in [0.5, 0.6) is 0 Å². The molecule has 104 valence electrons. The molecule has 6 heteroatoms. The number of thiophene rings is 1. The zero-order chi connectivity index (χ0) is 13.8. The fourth-order valence-corrected chi connectivity index (χ4v) is 3.63. The van der Waals surface area contributed by atoms with Crippen molar-refractivity contribution in [3.63, 3.8) is 0 Å². The van der Waals surface area contributed by atoms with Crippen LogP contribution in [0.25, 0.3) is 0 Å². The highest BCUT2D eigenvalue weighted by molar-refractivity contribution is 9.10. The van der Waals surface area contributed by atoms with E-state index in [-0.39, 0.29) is 6.04 Å². The number of rotatable bonds is 6. The topological polar surface area (TPSA) is 55.9 Å². The molecule has 1 unspecified atom stereocenters. The summed E-state index contributed by atoms with van der Waals surface area (Å²) in [6.45, 7) is 5.20. The standard InChI is InChI=1S/C13H19BrN4S/c1-3-7-18-13(10(14)8-16-18)12(17-15)11-6-5-9(4-2)19-11/h5-6,8,12,17H,3-4,7,15H2,1-2H3. The smallest absolute Gasteiger partial charge is 0.0981 e. The lowest BCUT2D eigenvalue weighted by molar-refractivity contribution is 0.523. The van der Waals surface area contributed by atoms with Gasteiger partial charge in [-0.1, -0.05) is 13.8 Å². The van der Waals surface area contributed by atoms with E-state index < -0.39 is 0 Å². The normalized spacial score (nSPS) is 12.8. The van der Waals surface area contributed by atoms with Crippen LogP contribution in [0.15, 0.2) is 22.8 Å². The molecule has 19 heavy (non-hydrogen) atoms. The Morgan fingerprint density at radius 3 is 2.84 bits per heavy atom. The highest BCUT2D eigenvalue weighted by Crippen LogP contribution is 2.32. The highest BCUT2D eigenvalue weighted by atomic mass is 79.9. The number of nitrogens with zero attached hydrogens (tertiary/aromatic N) is 2. The first-order chi connectivity index (χ1) is 9.21. The number of nitrogens with one attached hydrogen (secondary N) is 1. The van der Waals surface area contributed by atoms with Crippen LogP contribution in [0, 0.1) is 0 Å². The predicted octanol–water partition coefficient (Wildman–Crippen LogP) is 3.23. The van der Waals surface area contributed by atoms with Crippen molar-refractivity contribution >= 4 is 27.3 Å². The average molecular weight is 343 g/mol. The molecule has 0 radical (unpaired) electrons.